The van der Waals surface area contributed by atoms with Gasteiger partial charge < -0.3 is 0 Å². The number of Topliss-reactive ketones (excluding diaryl/α,β-unsaturated/α-hetero) is 1. The zero-order valence-corrected chi connectivity index (χ0v) is 9.90. The smallest absolute Gasteiger partial charge is 0.183 e. The van der Waals surface area contributed by atoms with Gasteiger partial charge in [-0.15, -0.1) is 5.11 Å². The second-order valence-electron chi connectivity index (χ2n) is 3.61. The summed E-state index contributed by atoms with van der Waals surface area (Å²) >= 11 is 0. The molecule has 16 heavy (non-hydrogen) atoms. The molecule has 88 valence electrons. The topological polar surface area (TPSA) is 73.7 Å². The van der Waals surface area contributed by atoms with Gasteiger partial charge >= 0.3 is 0 Å². The lowest BCUT2D eigenvalue weighted by atomic mass is 10.2. The summed E-state index contributed by atoms with van der Waals surface area (Å²) < 4.78 is 0. The summed E-state index contributed by atoms with van der Waals surface area (Å²) in [4.78, 5) is 11.2. The fourth-order valence-corrected chi connectivity index (χ4v) is 1.17. The number of hydrogen-bond donors (Lipinski definition) is 1. The molecule has 1 heterocycles. The predicted octanol–water partition coefficient (Wildman–Crippen LogP) is 2.34. The highest BCUT2D eigenvalue weighted by atomic mass is 16.1. The van der Waals surface area contributed by atoms with Crippen molar-refractivity contribution in [2.24, 2.45) is 10.3 Å². The second kappa shape index (κ2) is 5.99. The highest BCUT2D eigenvalue weighted by Crippen LogP contribution is 2.15. The van der Waals surface area contributed by atoms with Crippen LogP contribution in [0, 0.1) is 0 Å². The molecular formula is C10H17N5O. The van der Waals surface area contributed by atoms with Gasteiger partial charge in [0.15, 0.2) is 11.6 Å². The Balaban J connectivity index is 2.61. The van der Waals surface area contributed by atoms with Crippen molar-refractivity contribution in [3.63, 3.8) is 0 Å². The van der Waals surface area contributed by atoms with E-state index in [0.29, 0.717) is 11.4 Å². The third-order valence-corrected chi connectivity index (χ3v) is 2.13. The molecule has 0 aromatic carbocycles. The van der Waals surface area contributed by atoms with Crippen LogP contribution in [0.5, 0.6) is 0 Å². The van der Waals surface area contributed by atoms with Gasteiger partial charge in [0, 0.05) is 13.6 Å². The minimum absolute atomic E-state index is 0.0705. The molecule has 0 aliphatic carbocycles. The van der Waals surface area contributed by atoms with Crippen LogP contribution in [-0.2, 0) is 0 Å². The third-order valence-electron chi connectivity index (χ3n) is 2.13. The highest BCUT2D eigenvalue weighted by Gasteiger charge is 2.08. The molecule has 0 saturated heterocycles. The van der Waals surface area contributed by atoms with Gasteiger partial charge in [-0.25, -0.2) is 0 Å². The highest BCUT2D eigenvalue weighted by molar-refractivity contribution is 5.97. The normalized spacial score (nSPS) is 10.9. The first-order chi connectivity index (χ1) is 7.65. The lowest BCUT2D eigenvalue weighted by molar-refractivity contribution is 0.101. The van der Waals surface area contributed by atoms with Crippen molar-refractivity contribution in [2.45, 2.75) is 26.7 Å². The van der Waals surface area contributed by atoms with Gasteiger partial charge in [0.25, 0.3) is 0 Å². The van der Waals surface area contributed by atoms with Gasteiger partial charge in [-0.3, -0.25) is 14.9 Å². The van der Waals surface area contributed by atoms with Gasteiger partial charge in [-0.1, -0.05) is 18.6 Å². The Kier molecular flexibility index (Phi) is 4.63. The molecule has 1 N–H and O–H groups in total. The average molecular weight is 223 g/mol. The Morgan fingerprint density at radius 1 is 1.62 bits per heavy atom. The number of nitrogens with zero attached hydrogens (tertiary/aromatic N) is 4. The number of unbranched alkanes of at least 4 members (excludes halogenated alkanes) is 1. The van der Waals surface area contributed by atoms with Gasteiger partial charge in [-0.05, 0) is 13.3 Å². The number of carbonyl (C=O) groups is 1. The van der Waals surface area contributed by atoms with Gasteiger partial charge in [0.1, 0.15) is 0 Å². The van der Waals surface area contributed by atoms with E-state index in [2.05, 4.69) is 27.5 Å². The van der Waals surface area contributed by atoms with Gasteiger partial charge in [-0.2, -0.15) is 5.10 Å². The molecule has 6 heteroatoms. The van der Waals surface area contributed by atoms with Crippen molar-refractivity contribution in [1.82, 2.24) is 15.2 Å². The molecule has 0 atom stereocenters. The first kappa shape index (κ1) is 12.4. The van der Waals surface area contributed by atoms with Crippen molar-refractivity contribution in [2.75, 3.05) is 13.6 Å². The van der Waals surface area contributed by atoms with Crippen LogP contribution in [0.2, 0.25) is 0 Å². The van der Waals surface area contributed by atoms with E-state index in [0.717, 1.165) is 19.4 Å². The van der Waals surface area contributed by atoms with Crippen molar-refractivity contribution < 1.29 is 4.79 Å². The summed E-state index contributed by atoms with van der Waals surface area (Å²) in [6, 6.07) is 0. The molecule has 0 bridgehead atoms. The molecule has 0 fully saturated rings. The summed E-state index contributed by atoms with van der Waals surface area (Å²) in [6.07, 6.45) is 3.64. The lowest BCUT2D eigenvalue weighted by Gasteiger charge is -2.09. The van der Waals surface area contributed by atoms with E-state index < -0.39 is 0 Å². The zero-order valence-electron chi connectivity index (χ0n) is 9.90. The second-order valence-corrected chi connectivity index (χ2v) is 3.61. The molecule has 1 rings (SSSR count). The van der Waals surface area contributed by atoms with Crippen LogP contribution in [0.1, 0.15) is 37.0 Å². The summed E-state index contributed by atoms with van der Waals surface area (Å²) in [6.45, 7) is 4.45. The molecule has 0 radical (unpaired) electrons. The summed E-state index contributed by atoms with van der Waals surface area (Å²) in [5.41, 5.74) is 0.465. The minimum atomic E-state index is -0.0705. The Bertz CT molecular complexity index is 371. The van der Waals surface area contributed by atoms with Gasteiger partial charge in [0.2, 0.25) is 0 Å². The number of rotatable bonds is 6. The van der Waals surface area contributed by atoms with E-state index in [1.165, 1.54) is 13.1 Å². The number of ketones is 1. The molecule has 1 aromatic rings. The number of H-pyrrole nitrogens is 1. The number of aromatic amines is 1. The molecule has 0 amide bonds. The Morgan fingerprint density at radius 2 is 2.38 bits per heavy atom. The van der Waals surface area contributed by atoms with Crippen LogP contribution in [0.4, 0.5) is 5.82 Å². The first-order valence-corrected chi connectivity index (χ1v) is 5.32. The molecule has 0 aliphatic heterocycles. The molecular weight excluding hydrogens is 206 g/mol. The quantitative estimate of drug-likeness (QED) is 0.457. The fourth-order valence-electron chi connectivity index (χ4n) is 1.17. The van der Waals surface area contributed by atoms with Crippen molar-refractivity contribution in [1.29, 1.82) is 0 Å². The van der Waals surface area contributed by atoms with Crippen molar-refractivity contribution in [3.05, 3.63) is 11.8 Å². The van der Waals surface area contributed by atoms with E-state index >= 15 is 0 Å². The first-order valence-electron chi connectivity index (χ1n) is 5.32. The van der Waals surface area contributed by atoms with Gasteiger partial charge in [0.05, 0.1) is 11.8 Å². The lowest BCUT2D eigenvalue weighted by Crippen LogP contribution is -2.11. The SMILES string of the molecule is CCCCN(C)/N=N/c1[nH]ncc1C(C)=O. The zero-order chi connectivity index (χ0) is 12.0. The maximum absolute atomic E-state index is 11.2. The Morgan fingerprint density at radius 3 is 3.00 bits per heavy atom. The van der Waals surface area contributed by atoms with Crippen LogP contribution in [0.15, 0.2) is 16.5 Å². The molecule has 0 unspecified atom stereocenters. The maximum atomic E-state index is 11.2. The monoisotopic (exact) mass is 223 g/mol. The van der Waals surface area contributed by atoms with E-state index in [1.54, 1.807) is 5.01 Å². The number of aromatic nitrogens is 2. The molecule has 1 aromatic heterocycles. The number of hydrogen-bond acceptors (Lipinski definition) is 4. The molecule has 0 saturated carbocycles. The summed E-state index contributed by atoms with van der Waals surface area (Å²) in [5.74, 6) is 0.342. The maximum Gasteiger partial charge on any atom is 0.183 e. The number of nitrogens with one attached hydrogen (secondary N) is 1. The van der Waals surface area contributed by atoms with E-state index in [1.807, 2.05) is 7.05 Å². The standard InChI is InChI=1S/C10H17N5O/c1-4-5-6-15(3)14-13-10-9(8(2)16)7-11-12-10/h7H,4-6H2,1-3H3,(H,11,12)/b14-13+. The molecule has 0 aliphatic rings. The summed E-state index contributed by atoms with van der Waals surface area (Å²) in [7, 11) is 1.85. The van der Waals surface area contributed by atoms with Crippen molar-refractivity contribution in [3.8, 4) is 0 Å². The Hall–Kier alpha value is -1.72. The van der Waals surface area contributed by atoms with Crippen LogP contribution in [0.25, 0.3) is 0 Å². The van der Waals surface area contributed by atoms with Crippen LogP contribution in [-0.4, -0.2) is 34.6 Å². The molecule has 0 spiro atoms. The minimum Gasteiger partial charge on any atom is -0.294 e. The Labute approximate surface area is 94.7 Å². The van der Waals surface area contributed by atoms with E-state index in [4.69, 9.17) is 0 Å². The van der Waals surface area contributed by atoms with Crippen LogP contribution < -0.4 is 0 Å². The van der Waals surface area contributed by atoms with Crippen LogP contribution >= 0.6 is 0 Å². The van der Waals surface area contributed by atoms with E-state index in [-0.39, 0.29) is 5.78 Å². The van der Waals surface area contributed by atoms with Crippen LogP contribution in [0.3, 0.4) is 0 Å². The fraction of sp³-hybridized carbons (Fsp3) is 0.600. The largest absolute Gasteiger partial charge is 0.294 e. The predicted molar refractivity (Wildman–Crippen MR) is 60.6 cm³/mol. The van der Waals surface area contributed by atoms with E-state index in [9.17, 15) is 4.79 Å². The summed E-state index contributed by atoms with van der Waals surface area (Å²) in [5, 5.41) is 16.1. The third kappa shape index (κ3) is 3.45. The average Bonchev–Trinajstić information content (AvgIpc) is 2.71. The molecule has 6 nitrogen and oxygen atoms in total. The van der Waals surface area contributed by atoms with Crippen molar-refractivity contribution >= 4 is 11.6 Å². The number of carbonyl (C=O) groups excluding carboxylic acids is 1.